The average molecular weight is 265 g/mol. The summed E-state index contributed by atoms with van der Waals surface area (Å²) in [7, 11) is 0. The number of aromatic nitrogens is 1. The predicted molar refractivity (Wildman–Crippen MR) is 78.9 cm³/mol. The molecule has 0 spiro atoms. The van der Waals surface area contributed by atoms with Crippen LogP contribution in [0.25, 0.3) is 10.8 Å². The molecule has 100 valence electrons. The summed E-state index contributed by atoms with van der Waals surface area (Å²) in [5.41, 5.74) is 2.05. The van der Waals surface area contributed by atoms with E-state index < -0.39 is 0 Å². The molecule has 3 rings (SSSR count). The molecule has 0 bridgehead atoms. The lowest BCUT2D eigenvalue weighted by Gasteiger charge is -2.08. The third-order valence-corrected chi connectivity index (χ3v) is 3.29. The van der Waals surface area contributed by atoms with Crippen LogP contribution in [-0.4, -0.2) is 10.1 Å². The summed E-state index contributed by atoms with van der Waals surface area (Å²) < 4.78 is 5.78. The molecular weight excluding hydrogens is 250 g/mol. The van der Waals surface area contributed by atoms with Crippen LogP contribution in [0.2, 0.25) is 0 Å². The Bertz CT molecular complexity index is 753. The quantitative estimate of drug-likeness (QED) is 0.782. The molecule has 0 amide bonds. The molecule has 0 unspecified atom stereocenters. The average Bonchev–Trinajstić information content (AvgIpc) is 2.46. The topological polar surface area (TPSA) is 42.4 Å². The number of pyridine rings is 1. The summed E-state index contributed by atoms with van der Waals surface area (Å²) in [6.07, 6.45) is 1.77. The van der Waals surface area contributed by atoms with Crippen molar-refractivity contribution in [2.45, 2.75) is 13.5 Å². The van der Waals surface area contributed by atoms with Crippen LogP contribution < -0.4 is 4.74 Å². The Morgan fingerprint density at radius 3 is 2.75 bits per heavy atom. The minimum atomic E-state index is 0.259. The first kappa shape index (κ1) is 12.5. The van der Waals surface area contributed by atoms with Crippen LogP contribution in [0.5, 0.6) is 11.5 Å². The van der Waals surface area contributed by atoms with Crippen molar-refractivity contribution in [1.29, 1.82) is 0 Å². The van der Waals surface area contributed by atoms with Crippen molar-refractivity contribution in [1.82, 2.24) is 4.98 Å². The molecule has 2 aromatic carbocycles. The zero-order chi connectivity index (χ0) is 13.9. The Balaban J connectivity index is 1.83. The van der Waals surface area contributed by atoms with Gasteiger partial charge in [-0.05, 0) is 53.6 Å². The molecule has 1 N–H and O–H groups in total. The van der Waals surface area contributed by atoms with Gasteiger partial charge in [0.15, 0.2) is 0 Å². The van der Waals surface area contributed by atoms with Gasteiger partial charge < -0.3 is 9.84 Å². The van der Waals surface area contributed by atoms with E-state index in [2.05, 4.69) is 4.98 Å². The maximum Gasteiger partial charge on any atom is 0.130 e. The smallest absolute Gasteiger partial charge is 0.130 e. The second kappa shape index (κ2) is 5.21. The van der Waals surface area contributed by atoms with Gasteiger partial charge in [-0.15, -0.1) is 0 Å². The fraction of sp³-hybridized carbons (Fsp3) is 0.118. The zero-order valence-electron chi connectivity index (χ0n) is 11.2. The molecule has 3 aromatic rings. The summed E-state index contributed by atoms with van der Waals surface area (Å²) >= 11 is 0. The van der Waals surface area contributed by atoms with Crippen LogP contribution in [0.4, 0.5) is 0 Å². The lowest BCUT2D eigenvalue weighted by atomic mass is 10.1. The largest absolute Gasteiger partial charge is 0.508 e. The SMILES string of the molecule is Cc1cccnc1COc1ccc2ccc(O)cc2c1. The number of hydrogen-bond acceptors (Lipinski definition) is 3. The molecule has 0 aliphatic heterocycles. The molecule has 0 saturated carbocycles. The molecule has 3 heteroatoms. The van der Waals surface area contributed by atoms with Crippen LogP contribution in [-0.2, 0) is 6.61 Å². The molecule has 0 aliphatic carbocycles. The van der Waals surface area contributed by atoms with E-state index in [0.29, 0.717) is 6.61 Å². The predicted octanol–water partition coefficient (Wildman–Crippen LogP) is 3.83. The molecule has 0 fully saturated rings. The monoisotopic (exact) mass is 265 g/mol. The maximum atomic E-state index is 9.51. The van der Waals surface area contributed by atoms with E-state index in [1.807, 2.05) is 43.3 Å². The van der Waals surface area contributed by atoms with Gasteiger partial charge in [0.2, 0.25) is 0 Å². The molecule has 0 atom stereocenters. The Morgan fingerprint density at radius 2 is 1.90 bits per heavy atom. The van der Waals surface area contributed by atoms with E-state index in [1.165, 1.54) is 0 Å². The van der Waals surface area contributed by atoms with Crippen molar-refractivity contribution < 1.29 is 9.84 Å². The first-order valence-corrected chi connectivity index (χ1v) is 6.48. The van der Waals surface area contributed by atoms with Gasteiger partial charge in [0.25, 0.3) is 0 Å². The maximum absolute atomic E-state index is 9.51. The zero-order valence-corrected chi connectivity index (χ0v) is 11.2. The third kappa shape index (κ3) is 2.57. The highest BCUT2D eigenvalue weighted by atomic mass is 16.5. The summed E-state index contributed by atoms with van der Waals surface area (Å²) in [6.45, 7) is 2.46. The number of phenols is 1. The second-order valence-electron chi connectivity index (χ2n) is 4.75. The summed E-state index contributed by atoms with van der Waals surface area (Å²) in [4.78, 5) is 4.30. The minimum absolute atomic E-state index is 0.259. The number of benzene rings is 2. The molecule has 0 saturated heterocycles. The summed E-state index contributed by atoms with van der Waals surface area (Å²) in [5.74, 6) is 1.03. The van der Waals surface area contributed by atoms with Crippen molar-refractivity contribution in [2.24, 2.45) is 0 Å². The Labute approximate surface area is 117 Å². The highest BCUT2D eigenvalue weighted by molar-refractivity contribution is 5.85. The number of aromatic hydroxyl groups is 1. The number of hydrogen-bond donors (Lipinski definition) is 1. The standard InChI is InChI=1S/C17H15NO2/c1-12-3-2-8-18-17(12)11-20-16-7-5-13-4-6-15(19)9-14(13)10-16/h2-10,19H,11H2,1H3. The Kier molecular flexibility index (Phi) is 3.25. The Hall–Kier alpha value is -2.55. The fourth-order valence-electron chi connectivity index (χ4n) is 2.12. The van der Waals surface area contributed by atoms with Crippen molar-refractivity contribution in [3.63, 3.8) is 0 Å². The highest BCUT2D eigenvalue weighted by Crippen LogP contribution is 2.24. The highest BCUT2D eigenvalue weighted by Gasteiger charge is 2.02. The lowest BCUT2D eigenvalue weighted by molar-refractivity contribution is 0.301. The van der Waals surface area contributed by atoms with Gasteiger partial charge in [-0.25, -0.2) is 0 Å². The molecule has 20 heavy (non-hydrogen) atoms. The van der Waals surface area contributed by atoms with E-state index in [4.69, 9.17) is 4.74 Å². The lowest BCUT2D eigenvalue weighted by Crippen LogP contribution is -2.00. The van der Waals surface area contributed by atoms with E-state index in [0.717, 1.165) is 27.8 Å². The molecule has 1 aromatic heterocycles. The van der Waals surface area contributed by atoms with Gasteiger partial charge in [-0.1, -0.05) is 18.2 Å². The number of aryl methyl sites for hydroxylation is 1. The van der Waals surface area contributed by atoms with Gasteiger partial charge in [-0.3, -0.25) is 4.98 Å². The van der Waals surface area contributed by atoms with Crippen LogP contribution in [0, 0.1) is 6.92 Å². The van der Waals surface area contributed by atoms with Crippen LogP contribution in [0.15, 0.2) is 54.7 Å². The van der Waals surface area contributed by atoms with Crippen molar-refractivity contribution in [2.75, 3.05) is 0 Å². The number of rotatable bonds is 3. The number of fused-ring (bicyclic) bond motifs is 1. The molecule has 0 radical (unpaired) electrons. The Morgan fingerprint density at radius 1 is 1.05 bits per heavy atom. The van der Waals surface area contributed by atoms with E-state index in [9.17, 15) is 5.11 Å². The van der Waals surface area contributed by atoms with Crippen molar-refractivity contribution in [3.8, 4) is 11.5 Å². The van der Waals surface area contributed by atoms with Gasteiger partial charge in [0.05, 0.1) is 5.69 Å². The van der Waals surface area contributed by atoms with Gasteiger partial charge in [0.1, 0.15) is 18.1 Å². The third-order valence-electron chi connectivity index (χ3n) is 3.29. The van der Waals surface area contributed by atoms with E-state index >= 15 is 0 Å². The normalized spacial score (nSPS) is 10.7. The van der Waals surface area contributed by atoms with Gasteiger partial charge in [0, 0.05) is 6.20 Å². The van der Waals surface area contributed by atoms with Crippen LogP contribution in [0.1, 0.15) is 11.3 Å². The molecule has 1 heterocycles. The molecular formula is C17H15NO2. The number of nitrogens with zero attached hydrogens (tertiary/aromatic N) is 1. The second-order valence-corrected chi connectivity index (χ2v) is 4.75. The van der Waals surface area contributed by atoms with Gasteiger partial charge in [-0.2, -0.15) is 0 Å². The first-order chi connectivity index (χ1) is 9.72. The number of ether oxygens (including phenoxy) is 1. The molecule has 0 aliphatic rings. The summed E-state index contributed by atoms with van der Waals surface area (Å²) in [5, 5.41) is 11.5. The first-order valence-electron chi connectivity index (χ1n) is 6.48. The van der Waals surface area contributed by atoms with Crippen LogP contribution in [0.3, 0.4) is 0 Å². The summed E-state index contributed by atoms with van der Waals surface area (Å²) in [6, 6.07) is 15.1. The van der Waals surface area contributed by atoms with Crippen LogP contribution >= 0.6 is 0 Å². The minimum Gasteiger partial charge on any atom is -0.508 e. The van der Waals surface area contributed by atoms with Gasteiger partial charge >= 0.3 is 0 Å². The number of phenolic OH excluding ortho intramolecular Hbond substituents is 1. The van der Waals surface area contributed by atoms with E-state index in [-0.39, 0.29) is 5.75 Å². The van der Waals surface area contributed by atoms with Crippen molar-refractivity contribution >= 4 is 10.8 Å². The fourth-order valence-corrected chi connectivity index (χ4v) is 2.12. The van der Waals surface area contributed by atoms with Crippen molar-refractivity contribution in [3.05, 3.63) is 66.0 Å². The molecule has 3 nitrogen and oxygen atoms in total. The van der Waals surface area contributed by atoms with E-state index in [1.54, 1.807) is 18.3 Å².